The van der Waals surface area contributed by atoms with E-state index in [1.807, 2.05) is 12.1 Å². The van der Waals surface area contributed by atoms with Gasteiger partial charge in [0.05, 0.1) is 14.2 Å². The molecule has 2 aromatic heterocycles. The van der Waals surface area contributed by atoms with E-state index in [1.165, 1.54) is 12.8 Å². The predicted octanol–water partition coefficient (Wildman–Crippen LogP) is 4.07. The smallest absolute Gasteiger partial charge is 0.247 e. The van der Waals surface area contributed by atoms with E-state index in [0.29, 0.717) is 11.7 Å². The van der Waals surface area contributed by atoms with Crippen molar-refractivity contribution < 1.29 is 4.52 Å². The summed E-state index contributed by atoms with van der Waals surface area (Å²) in [5, 5.41) is 4.07. The minimum atomic E-state index is -0.434. The molecule has 1 saturated carbocycles. The number of rotatable bonds is 2. The summed E-state index contributed by atoms with van der Waals surface area (Å²) in [5.41, 5.74) is 6.04. The second kappa shape index (κ2) is 5.34. The lowest BCUT2D eigenvalue weighted by atomic mass is 9.91. The van der Waals surface area contributed by atoms with Crippen LogP contribution in [0.25, 0.3) is 10.7 Å². The SMILES string of the molecule is NC1(c2nc(-c3ccc(Br)s3)no2)CCCCCC1. The average molecular weight is 342 g/mol. The molecule has 0 saturated heterocycles. The summed E-state index contributed by atoms with van der Waals surface area (Å²) in [6.45, 7) is 0. The van der Waals surface area contributed by atoms with Gasteiger partial charge in [0.15, 0.2) is 0 Å². The van der Waals surface area contributed by atoms with Gasteiger partial charge in [-0.3, -0.25) is 0 Å². The lowest BCUT2D eigenvalue weighted by molar-refractivity contribution is 0.257. The van der Waals surface area contributed by atoms with Crippen LogP contribution < -0.4 is 5.73 Å². The van der Waals surface area contributed by atoms with Crippen LogP contribution in [0.3, 0.4) is 0 Å². The zero-order valence-electron chi connectivity index (χ0n) is 10.6. The minimum Gasteiger partial charge on any atom is -0.337 e. The zero-order valence-corrected chi connectivity index (χ0v) is 13.0. The number of thiophene rings is 1. The lowest BCUT2D eigenvalue weighted by Crippen LogP contribution is -2.36. The molecule has 0 unspecified atom stereocenters. The third-order valence-electron chi connectivity index (χ3n) is 3.64. The number of aromatic nitrogens is 2. The quantitative estimate of drug-likeness (QED) is 0.836. The Morgan fingerprint density at radius 3 is 2.58 bits per heavy atom. The Balaban J connectivity index is 1.87. The first-order valence-corrected chi connectivity index (χ1v) is 8.17. The summed E-state index contributed by atoms with van der Waals surface area (Å²) >= 11 is 5.04. The van der Waals surface area contributed by atoms with Crippen molar-refractivity contribution in [1.82, 2.24) is 10.1 Å². The second-order valence-corrected chi connectivity index (χ2v) is 7.56. The second-order valence-electron chi connectivity index (χ2n) is 5.10. The molecule has 2 aromatic rings. The third kappa shape index (κ3) is 2.75. The minimum absolute atomic E-state index is 0.434. The Bertz CT molecular complexity index is 558. The molecular formula is C13H16BrN3OS. The van der Waals surface area contributed by atoms with Crippen LogP contribution in [-0.2, 0) is 5.54 Å². The predicted molar refractivity (Wildman–Crippen MR) is 78.9 cm³/mol. The molecule has 3 rings (SSSR count). The number of halogens is 1. The molecule has 1 aliphatic carbocycles. The molecule has 6 heteroatoms. The van der Waals surface area contributed by atoms with Crippen molar-refractivity contribution in [2.45, 2.75) is 44.1 Å². The van der Waals surface area contributed by atoms with Crippen molar-refractivity contribution in [3.8, 4) is 10.7 Å². The molecular weight excluding hydrogens is 326 g/mol. The molecule has 0 bridgehead atoms. The molecule has 0 aromatic carbocycles. The van der Waals surface area contributed by atoms with E-state index >= 15 is 0 Å². The van der Waals surface area contributed by atoms with Gasteiger partial charge in [0, 0.05) is 0 Å². The molecule has 0 radical (unpaired) electrons. The van der Waals surface area contributed by atoms with E-state index in [2.05, 4.69) is 26.1 Å². The van der Waals surface area contributed by atoms with Gasteiger partial charge in [-0.05, 0) is 40.9 Å². The van der Waals surface area contributed by atoms with Crippen LogP contribution in [-0.4, -0.2) is 10.1 Å². The van der Waals surface area contributed by atoms with E-state index in [0.717, 1.165) is 34.3 Å². The molecule has 0 atom stereocenters. The average Bonchev–Trinajstić information content (AvgIpc) is 2.97. The van der Waals surface area contributed by atoms with Gasteiger partial charge in [0.2, 0.25) is 11.7 Å². The van der Waals surface area contributed by atoms with Crippen LogP contribution in [0.5, 0.6) is 0 Å². The van der Waals surface area contributed by atoms with Gasteiger partial charge in [0.25, 0.3) is 0 Å². The van der Waals surface area contributed by atoms with Crippen molar-refractivity contribution >= 4 is 27.3 Å². The van der Waals surface area contributed by atoms with Gasteiger partial charge in [0.1, 0.15) is 0 Å². The molecule has 102 valence electrons. The summed E-state index contributed by atoms with van der Waals surface area (Å²) in [7, 11) is 0. The van der Waals surface area contributed by atoms with Crippen LogP contribution in [0.2, 0.25) is 0 Å². The summed E-state index contributed by atoms with van der Waals surface area (Å²) in [6.07, 6.45) is 6.64. The van der Waals surface area contributed by atoms with E-state index in [4.69, 9.17) is 10.3 Å². The number of nitrogens with zero attached hydrogens (tertiary/aromatic N) is 2. The Morgan fingerprint density at radius 1 is 1.21 bits per heavy atom. The molecule has 0 spiro atoms. The van der Waals surface area contributed by atoms with Gasteiger partial charge in [-0.15, -0.1) is 11.3 Å². The summed E-state index contributed by atoms with van der Waals surface area (Å²) in [4.78, 5) is 5.52. The van der Waals surface area contributed by atoms with Gasteiger partial charge in [-0.2, -0.15) is 4.98 Å². The molecule has 1 fully saturated rings. The van der Waals surface area contributed by atoms with Crippen LogP contribution in [0, 0.1) is 0 Å². The molecule has 1 aliphatic rings. The van der Waals surface area contributed by atoms with E-state index in [-0.39, 0.29) is 0 Å². The summed E-state index contributed by atoms with van der Waals surface area (Å²) < 4.78 is 6.49. The number of nitrogens with two attached hydrogens (primary N) is 1. The normalized spacial score (nSPS) is 19.3. The Morgan fingerprint density at radius 2 is 1.95 bits per heavy atom. The standard InChI is InChI=1S/C13H16BrN3OS/c14-10-6-5-9(19-10)11-16-12(18-17-11)13(15)7-3-1-2-4-8-13/h5-6H,1-4,7-8,15H2. The first-order chi connectivity index (χ1) is 9.17. The topological polar surface area (TPSA) is 64.9 Å². The molecule has 2 N–H and O–H groups in total. The van der Waals surface area contributed by atoms with Gasteiger partial charge >= 0.3 is 0 Å². The van der Waals surface area contributed by atoms with Crippen LogP contribution in [0.15, 0.2) is 20.4 Å². The van der Waals surface area contributed by atoms with Crippen molar-refractivity contribution in [2.24, 2.45) is 5.73 Å². The third-order valence-corrected chi connectivity index (χ3v) is 5.26. The van der Waals surface area contributed by atoms with Crippen LogP contribution in [0.4, 0.5) is 0 Å². The fraction of sp³-hybridized carbons (Fsp3) is 0.538. The van der Waals surface area contributed by atoms with Crippen LogP contribution >= 0.6 is 27.3 Å². The first kappa shape index (κ1) is 13.3. The summed E-state index contributed by atoms with van der Waals surface area (Å²) in [6, 6.07) is 3.97. The van der Waals surface area contributed by atoms with E-state index < -0.39 is 5.54 Å². The van der Waals surface area contributed by atoms with Gasteiger partial charge in [-0.1, -0.05) is 30.8 Å². The molecule has 0 aliphatic heterocycles. The number of hydrogen-bond acceptors (Lipinski definition) is 5. The highest BCUT2D eigenvalue weighted by Crippen LogP contribution is 2.35. The van der Waals surface area contributed by atoms with Crippen molar-refractivity contribution in [3.63, 3.8) is 0 Å². The van der Waals surface area contributed by atoms with Gasteiger partial charge < -0.3 is 10.3 Å². The van der Waals surface area contributed by atoms with E-state index in [9.17, 15) is 0 Å². The lowest BCUT2D eigenvalue weighted by Gasteiger charge is -2.22. The Labute approximate surface area is 124 Å². The molecule has 19 heavy (non-hydrogen) atoms. The highest BCUT2D eigenvalue weighted by atomic mass is 79.9. The maximum absolute atomic E-state index is 6.47. The maximum Gasteiger partial charge on any atom is 0.247 e. The van der Waals surface area contributed by atoms with Crippen molar-refractivity contribution in [1.29, 1.82) is 0 Å². The largest absolute Gasteiger partial charge is 0.337 e. The monoisotopic (exact) mass is 341 g/mol. The molecule has 2 heterocycles. The fourth-order valence-corrected chi connectivity index (χ4v) is 3.85. The zero-order chi connectivity index (χ0) is 13.3. The van der Waals surface area contributed by atoms with Crippen LogP contribution in [0.1, 0.15) is 44.4 Å². The van der Waals surface area contributed by atoms with Crippen molar-refractivity contribution in [2.75, 3.05) is 0 Å². The van der Waals surface area contributed by atoms with Gasteiger partial charge in [-0.25, -0.2) is 0 Å². The highest BCUT2D eigenvalue weighted by molar-refractivity contribution is 9.11. The van der Waals surface area contributed by atoms with E-state index in [1.54, 1.807) is 11.3 Å². The highest BCUT2D eigenvalue weighted by Gasteiger charge is 2.34. The Hall–Kier alpha value is -0.720. The van der Waals surface area contributed by atoms with Crippen molar-refractivity contribution in [3.05, 3.63) is 21.8 Å². The Kier molecular flexibility index (Phi) is 3.73. The molecule has 4 nitrogen and oxygen atoms in total. The first-order valence-electron chi connectivity index (χ1n) is 6.56. The number of hydrogen-bond donors (Lipinski definition) is 1. The maximum atomic E-state index is 6.47. The summed E-state index contributed by atoms with van der Waals surface area (Å²) in [5.74, 6) is 1.23. The molecule has 0 amide bonds. The fourth-order valence-electron chi connectivity index (χ4n) is 2.53.